The van der Waals surface area contributed by atoms with Crippen molar-refractivity contribution in [1.29, 1.82) is 0 Å². The zero-order chi connectivity index (χ0) is 17.3. The van der Waals surface area contributed by atoms with Crippen LogP contribution >= 0.6 is 0 Å². The SMILES string of the molecule is Cc1nnc2n1[C@@H](CC(C)C)CN(C(=O)Cn1ccc(=O)cc1)C2. The van der Waals surface area contributed by atoms with Crippen molar-refractivity contribution >= 4 is 5.91 Å². The number of amides is 1. The maximum Gasteiger partial charge on any atom is 0.242 e. The topological polar surface area (TPSA) is 73.0 Å². The predicted molar refractivity (Wildman–Crippen MR) is 89.4 cm³/mol. The van der Waals surface area contributed by atoms with Crippen molar-refractivity contribution < 1.29 is 4.79 Å². The molecular weight excluding hydrogens is 306 g/mol. The number of rotatable bonds is 4. The molecule has 3 heterocycles. The molecule has 128 valence electrons. The predicted octanol–water partition coefficient (Wildman–Crippen LogP) is 1.38. The van der Waals surface area contributed by atoms with Gasteiger partial charge in [0.05, 0.1) is 12.6 Å². The van der Waals surface area contributed by atoms with E-state index in [4.69, 9.17) is 0 Å². The molecule has 7 heteroatoms. The summed E-state index contributed by atoms with van der Waals surface area (Å²) in [5, 5.41) is 8.41. The zero-order valence-electron chi connectivity index (χ0n) is 14.3. The number of carbonyl (C=O) groups is 1. The minimum absolute atomic E-state index is 0.0271. The number of hydrogen-bond acceptors (Lipinski definition) is 4. The summed E-state index contributed by atoms with van der Waals surface area (Å²) in [6, 6.07) is 3.14. The zero-order valence-corrected chi connectivity index (χ0v) is 14.3. The van der Waals surface area contributed by atoms with Crippen LogP contribution in [0.1, 0.15) is 38.0 Å². The number of aryl methyl sites for hydroxylation is 1. The summed E-state index contributed by atoms with van der Waals surface area (Å²) in [7, 11) is 0. The molecular formula is C17H23N5O2. The van der Waals surface area contributed by atoms with Crippen molar-refractivity contribution in [1.82, 2.24) is 24.2 Å². The minimum Gasteiger partial charge on any atom is -0.345 e. The second-order valence-corrected chi connectivity index (χ2v) is 6.80. The third-order valence-corrected chi connectivity index (χ3v) is 4.34. The normalized spacial score (nSPS) is 17.2. The Hall–Kier alpha value is -2.44. The standard InChI is InChI=1S/C17H23N5O2/c1-12(2)8-14-9-21(10-16-19-18-13(3)22(14)16)17(24)11-20-6-4-15(23)5-7-20/h4-7,12,14H,8-11H2,1-3H3/t14-/m0/s1. The molecule has 0 unspecified atom stereocenters. The van der Waals surface area contributed by atoms with Crippen LogP contribution in [0.5, 0.6) is 0 Å². The molecule has 2 aromatic heterocycles. The first-order valence-electron chi connectivity index (χ1n) is 8.28. The van der Waals surface area contributed by atoms with E-state index < -0.39 is 0 Å². The number of carbonyl (C=O) groups excluding carboxylic acids is 1. The largest absolute Gasteiger partial charge is 0.345 e. The van der Waals surface area contributed by atoms with Crippen LogP contribution in [0.15, 0.2) is 29.3 Å². The molecule has 0 saturated heterocycles. The Morgan fingerprint density at radius 1 is 1.29 bits per heavy atom. The summed E-state index contributed by atoms with van der Waals surface area (Å²) in [6.07, 6.45) is 4.26. The van der Waals surface area contributed by atoms with Crippen LogP contribution in [0.3, 0.4) is 0 Å². The fraction of sp³-hybridized carbons (Fsp3) is 0.529. The lowest BCUT2D eigenvalue weighted by atomic mass is 10.0. The maximum atomic E-state index is 12.7. The first-order chi connectivity index (χ1) is 11.4. The molecule has 7 nitrogen and oxygen atoms in total. The van der Waals surface area contributed by atoms with Gasteiger partial charge in [-0.25, -0.2) is 0 Å². The van der Waals surface area contributed by atoms with Gasteiger partial charge in [0.15, 0.2) is 11.3 Å². The number of nitrogens with zero attached hydrogens (tertiary/aromatic N) is 5. The Kier molecular flexibility index (Phi) is 4.51. The van der Waals surface area contributed by atoms with Gasteiger partial charge in [-0.2, -0.15) is 0 Å². The van der Waals surface area contributed by atoms with Gasteiger partial charge in [0.1, 0.15) is 12.4 Å². The summed E-state index contributed by atoms with van der Waals surface area (Å²) in [5.41, 5.74) is -0.0581. The van der Waals surface area contributed by atoms with Gasteiger partial charge < -0.3 is 14.0 Å². The van der Waals surface area contributed by atoms with Gasteiger partial charge in [-0.05, 0) is 19.3 Å². The molecule has 0 aliphatic carbocycles. The van der Waals surface area contributed by atoms with Gasteiger partial charge in [0.25, 0.3) is 0 Å². The lowest BCUT2D eigenvalue weighted by Crippen LogP contribution is -2.43. The Bertz CT molecular complexity index is 772. The Morgan fingerprint density at radius 3 is 2.67 bits per heavy atom. The Labute approximate surface area is 140 Å². The van der Waals surface area contributed by atoms with E-state index in [-0.39, 0.29) is 23.9 Å². The Morgan fingerprint density at radius 2 is 2.00 bits per heavy atom. The van der Waals surface area contributed by atoms with E-state index in [0.29, 0.717) is 19.0 Å². The molecule has 0 spiro atoms. The average Bonchev–Trinajstić information content (AvgIpc) is 2.90. The molecule has 3 rings (SSSR count). The lowest BCUT2D eigenvalue weighted by Gasteiger charge is -2.35. The molecule has 0 radical (unpaired) electrons. The van der Waals surface area contributed by atoms with Crippen LogP contribution in [0.4, 0.5) is 0 Å². The summed E-state index contributed by atoms with van der Waals surface area (Å²) in [6.45, 7) is 7.70. The Balaban J connectivity index is 1.78. The van der Waals surface area contributed by atoms with E-state index in [1.54, 1.807) is 17.0 Å². The van der Waals surface area contributed by atoms with Crippen molar-refractivity contribution in [2.24, 2.45) is 5.92 Å². The number of hydrogen-bond donors (Lipinski definition) is 0. The summed E-state index contributed by atoms with van der Waals surface area (Å²) in [4.78, 5) is 25.7. The van der Waals surface area contributed by atoms with E-state index in [9.17, 15) is 9.59 Å². The van der Waals surface area contributed by atoms with Crippen LogP contribution in [-0.2, 0) is 17.9 Å². The van der Waals surface area contributed by atoms with E-state index in [0.717, 1.165) is 18.1 Å². The molecule has 0 aromatic carbocycles. The van der Waals surface area contributed by atoms with Gasteiger partial charge >= 0.3 is 0 Å². The molecule has 0 N–H and O–H groups in total. The third kappa shape index (κ3) is 3.39. The molecule has 24 heavy (non-hydrogen) atoms. The number of aromatic nitrogens is 4. The highest BCUT2D eigenvalue weighted by molar-refractivity contribution is 5.76. The van der Waals surface area contributed by atoms with E-state index >= 15 is 0 Å². The minimum atomic E-state index is -0.0581. The van der Waals surface area contributed by atoms with Gasteiger partial charge in [-0.3, -0.25) is 9.59 Å². The molecule has 1 aliphatic rings. The van der Waals surface area contributed by atoms with E-state index in [2.05, 4.69) is 28.6 Å². The van der Waals surface area contributed by atoms with Gasteiger partial charge in [-0.1, -0.05) is 13.8 Å². The number of pyridine rings is 1. The molecule has 0 bridgehead atoms. The first kappa shape index (κ1) is 16.4. The lowest BCUT2D eigenvalue weighted by molar-refractivity contribution is -0.134. The highest BCUT2D eigenvalue weighted by atomic mass is 16.2. The van der Waals surface area contributed by atoms with Crippen LogP contribution in [-0.4, -0.2) is 36.7 Å². The fourth-order valence-electron chi connectivity index (χ4n) is 3.29. The highest BCUT2D eigenvalue weighted by Crippen LogP contribution is 2.27. The van der Waals surface area contributed by atoms with Gasteiger partial charge in [-0.15, -0.1) is 10.2 Å². The quantitative estimate of drug-likeness (QED) is 0.849. The van der Waals surface area contributed by atoms with Gasteiger partial charge in [0.2, 0.25) is 5.91 Å². The second kappa shape index (κ2) is 6.59. The van der Waals surface area contributed by atoms with Crippen molar-refractivity contribution in [3.8, 4) is 0 Å². The molecule has 0 saturated carbocycles. The fourth-order valence-corrected chi connectivity index (χ4v) is 3.29. The van der Waals surface area contributed by atoms with E-state index in [1.165, 1.54) is 12.1 Å². The number of fused-ring (bicyclic) bond motifs is 1. The van der Waals surface area contributed by atoms with Crippen LogP contribution in [0.25, 0.3) is 0 Å². The highest BCUT2D eigenvalue weighted by Gasteiger charge is 2.30. The van der Waals surface area contributed by atoms with Crippen LogP contribution in [0, 0.1) is 12.8 Å². The van der Waals surface area contributed by atoms with Crippen molar-refractivity contribution in [2.45, 2.75) is 46.3 Å². The molecule has 0 fully saturated rings. The monoisotopic (exact) mass is 329 g/mol. The van der Waals surface area contributed by atoms with Crippen molar-refractivity contribution in [2.75, 3.05) is 6.54 Å². The average molecular weight is 329 g/mol. The second-order valence-electron chi connectivity index (χ2n) is 6.80. The van der Waals surface area contributed by atoms with E-state index in [1.807, 2.05) is 11.8 Å². The molecule has 1 amide bonds. The van der Waals surface area contributed by atoms with Crippen molar-refractivity contribution in [3.05, 3.63) is 46.4 Å². The summed E-state index contributed by atoms with van der Waals surface area (Å²) < 4.78 is 3.90. The summed E-state index contributed by atoms with van der Waals surface area (Å²) in [5.74, 6) is 2.30. The molecule has 1 aliphatic heterocycles. The van der Waals surface area contributed by atoms with Crippen LogP contribution < -0.4 is 5.43 Å². The maximum absolute atomic E-state index is 12.7. The summed E-state index contributed by atoms with van der Waals surface area (Å²) >= 11 is 0. The van der Waals surface area contributed by atoms with Gasteiger partial charge in [0, 0.05) is 31.1 Å². The van der Waals surface area contributed by atoms with Crippen LogP contribution in [0.2, 0.25) is 0 Å². The molecule has 1 atom stereocenters. The first-order valence-corrected chi connectivity index (χ1v) is 8.28. The van der Waals surface area contributed by atoms with Crippen molar-refractivity contribution in [3.63, 3.8) is 0 Å². The third-order valence-electron chi connectivity index (χ3n) is 4.34. The molecule has 2 aromatic rings. The smallest absolute Gasteiger partial charge is 0.242 e.